The summed E-state index contributed by atoms with van der Waals surface area (Å²) in [6.07, 6.45) is 0. The van der Waals surface area contributed by atoms with Crippen LogP contribution in [0.25, 0.3) is 22.5 Å². The Morgan fingerprint density at radius 2 is 1.74 bits per heavy atom. The van der Waals surface area contributed by atoms with E-state index in [1.807, 2.05) is 0 Å². The molecule has 19 heavy (non-hydrogen) atoms. The molecule has 0 spiro atoms. The molecule has 0 unspecified atom stereocenters. The van der Waals surface area contributed by atoms with Crippen LogP contribution in [0, 0.1) is 0 Å². The van der Waals surface area contributed by atoms with Crippen molar-refractivity contribution in [2.75, 3.05) is 21.3 Å². The van der Waals surface area contributed by atoms with Crippen LogP contribution in [-0.4, -0.2) is 21.3 Å². The highest BCUT2D eigenvalue weighted by molar-refractivity contribution is 5.99. The molecule has 1 heterocycles. The van der Waals surface area contributed by atoms with E-state index in [-0.39, 0.29) is 5.43 Å². The molecule has 0 fully saturated rings. The maximum absolute atomic E-state index is 12.4. The van der Waals surface area contributed by atoms with Gasteiger partial charge in [0, 0.05) is 0 Å². The average molecular weight is 260 g/mol. The molecule has 0 bridgehead atoms. The maximum Gasteiger partial charge on any atom is 0.205 e. The van der Waals surface area contributed by atoms with Crippen LogP contribution in [0.5, 0.6) is 5.75 Å². The first-order chi connectivity index (χ1) is 9.22. The number of fused-ring (bicyclic) bond motifs is 2. The summed E-state index contributed by atoms with van der Waals surface area (Å²) in [5.74, 6) is 1.79. The highest BCUT2D eigenvalue weighted by Gasteiger charge is 2.36. The van der Waals surface area contributed by atoms with Crippen LogP contribution in [0.1, 0.15) is 11.3 Å². The van der Waals surface area contributed by atoms with Gasteiger partial charge in [-0.15, -0.1) is 0 Å². The molecule has 1 aliphatic carbocycles. The topological polar surface area (TPSA) is 57.9 Å². The number of hydrogen-bond acceptors (Lipinski definition) is 5. The first-order valence-corrected chi connectivity index (χ1v) is 5.69. The molecule has 1 aromatic carbocycles. The molecule has 0 N–H and O–H groups in total. The Morgan fingerprint density at radius 3 is 2.37 bits per heavy atom. The molecule has 0 atom stereocenters. The van der Waals surface area contributed by atoms with Crippen molar-refractivity contribution < 1.29 is 18.6 Å². The largest absolute Gasteiger partial charge is 0.493 e. The summed E-state index contributed by atoms with van der Waals surface area (Å²) in [6.45, 7) is 0. The Bertz CT molecular complexity index is 754. The Labute approximate surface area is 109 Å². The van der Waals surface area contributed by atoms with Gasteiger partial charge in [-0.3, -0.25) is 4.79 Å². The van der Waals surface area contributed by atoms with E-state index in [9.17, 15) is 4.79 Å². The zero-order valence-electron chi connectivity index (χ0n) is 10.8. The fraction of sp³-hybridized carbons (Fsp3) is 0.214. The lowest BCUT2D eigenvalue weighted by molar-refractivity contribution is 0.302. The third-order valence-corrected chi connectivity index (χ3v) is 3.15. The molecule has 0 aliphatic heterocycles. The lowest BCUT2D eigenvalue weighted by Crippen LogP contribution is -2.21. The Balaban J connectivity index is 2.37. The average Bonchev–Trinajstić information content (AvgIpc) is 2.42. The molecular formula is C14H12O5. The zero-order valence-corrected chi connectivity index (χ0v) is 10.8. The summed E-state index contributed by atoms with van der Waals surface area (Å²) >= 11 is 0. The molecule has 5 heteroatoms. The fourth-order valence-corrected chi connectivity index (χ4v) is 2.25. The van der Waals surface area contributed by atoms with Crippen molar-refractivity contribution in [1.82, 2.24) is 0 Å². The van der Waals surface area contributed by atoms with E-state index in [1.165, 1.54) is 21.3 Å². The molecule has 0 saturated carbocycles. The van der Waals surface area contributed by atoms with Crippen molar-refractivity contribution in [3.05, 3.63) is 39.7 Å². The Hall–Kier alpha value is -2.43. The first kappa shape index (κ1) is 11.6. The SMILES string of the molecule is COC1=C(OC)c2c1oc1c(OC)cccc1c2=O. The summed E-state index contributed by atoms with van der Waals surface area (Å²) in [7, 11) is 4.53. The van der Waals surface area contributed by atoms with Crippen molar-refractivity contribution >= 4 is 22.5 Å². The van der Waals surface area contributed by atoms with Crippen LogP contribution in [-0.2, 0) is 9.47 Å². The predicted octanol–water partition coefficient (Wildman–Crippen LogP) is 2.23. The van der Waals surface area contributed by atoms with Crippen molar-refractivity contribution in [1.29, 1.82) is 0 Å². The minimum absolute atomic E-state index is 0.146. The molecule has 0 saturated heterocycles. The summed E-state index contributed by atoms with van der Waals surface area (Å²) in [6, 6.07) is 5.18. The second-order valence-electron chi connectivity index (χ2n) is 4.04. The first-order valence-electron chi connectivity index (χ1n) is 5.69. The van der Waals surface area contributed by atoms with Crippen molar-refractivity contribution in [3.63, 3.8) is 0 Å². The molecular weight excluding hydrogens is 248 g/mol. The van der Waals surface area contributed by atoms with Gasteiger partial charge in [0.15, 0.2) is 22.9 Å². The van der Waals surface area contributed by atoms with Gasteiger partial charge in [-0.25, -0.2) is 0 Å². The van der Waals surface area contributed by atoms with Crippen LogP contribution < -0.4 is 10.2 Å². The Kier molecular flexibility index (Phi) is 2.48. The fourth-order valence-electron chi connectivity index (χ4n) is 2.25. The summed E-state index contributed by atoms with van der Waals surface area (Å²) in [5, 5.41) is 0.461. The van der Waals surface area contributed by atoms with Crippen LogP contribution in [0.15, 0.2) is 27.4 Å². The van der Waals surface area contributed by atoms with Crippen molar-refractivity contribution in [2.24, 2.45) is 0 Å². The zero-order chi connectivity index (χ0) is 13.6. The number of rotatable bonds is 3. The van der Waals surface area contributed by atoms with E-state index in [1.54, 1.807) is 18.2 Å². The third-order valence-electron chi connectivity index (χ3n) is 3.15. The second-order valence-corrected chi connectivity index (χ2v) is 4.04. The van der Waals surface area contributed by atoms with Gasteiger partial charge in [0.05, 0.1) is 26.7 Å². The smallest absolute Gasteiger partial charge is 0.205 e. The predicted molar refractivity (Wildman–Crippen MR) is 69.9 cm³/mol. The number of hydrogen-bond donors (Lipinski definition) is 0. The number of benzene rings is 1. The van der Waals surface area contributed by atoms with E-state index >= 15 is 0 Å². The number of para-hydroxylation sites is 1. The van der Waals surface area contributed by atoms with E-state index < -0.39 is 0 Å². The van der Waals surface area contributed by atoms with E-state index in [0.717, 1.165) is 0 Å². The molecule has 0 amide bonds. The van der Waals surface area contributed by atoms with Crippen LogP contribution in [0.2, 0.25) is 0 Å². The molecule has 1 aromatic heterocycles. The van der Waals surface area contributed by atoms with Crippen LogP contribution >= 0.6 is 0 Å². The lowest BCUT2D eigenvalue weighted by atomic mass is 9.98. The van der Waals surface area contributed by atoms with Crippen LogP contribution in [0.4, 0.5) is 0 Å². The minimum Gasteiger partial charge on any atom is -0.493 e. The molecule has 2 aromatic rings. The van der Waals surface area contributed by atoms with Gasteiger partial charge in [-0.05, 0) is 12.1 Å². The van der Waals surface area contributed by atoms with Crippen molar-refractivity contribution in [3.8, 4) is 5.75 Å². The summed E-state index contributed by atoms with van der Waals surface area (Å²) in [5.41, 5.74) is 0.686. The summed E-state index contributed by atoms with van der Waals surface area (Å²) in [4.78, 5) is 12.4. The van der Waals surface area contributed by atoms with E-state index in [2.05, 4.69) is 0 Å². The van der Waals surface area contributed by atoms with E-state index in [4.69, 9.17) is 18.6 Å². The van der Waals surface area contributed by atoms with Gasteiger partial charge in [-0.1, -0.05) is 6.07 Å². The number of methoxy groups -OCH3 is 3. The Morgan fingerprint density at radius 1 is 1.00 bits per heavy atom. The van der Waals surface area contributed by atoms with Gasteiger partial charge in [0.2, 0.25) is 11.2 Å². The molecule has 5 nitrogen and oxygen atoms in total. The maximum atomic E-state index is 12.4. The second kappa shape index (κ2) is 4.05. The monoisotopic (exact) mass is 260 g/mol. The molecule has 0 radical (unpaired) electrons. The quantitative estimate of drug-likeness (QED) is 0.847. The van der Waals surface area contributed by atoms with Gasteiger partial charge >= 0.3 is 0 Å². The van der Waals surface area contributed by atoms with Gasteiger partial charge in [0.1, 0.15) is 5.56 Å². The number of ether oxygens (including phenoxy) is 3. The van der Waals surface area contributed by atoms with Gasteiger partial charge in [-0.2, -0.15) is 0 Å². The molecule has 3 rings (SSSR count). The van der Waals surface area contributed by atoms with Gasteiger partial charge in [0.25, 0.3) is 0 Å². The highest BCUT2D eigenvalue weighted by atomic mass is 16.5. The molecule has 98 valence electrons. The van der Waals surface area contributed by atoms with Crippen LogP contribution in [0.3, 0.4) is 0 Å². The normalized spacial score (nSPS) is 13.0. The van der Waals surface area contributed by atoms with E-state index in [0.29, 0.717) is 39.6 Å². The van der Waals surface area contributed by atoms with Crippen molar-refractivity contribution in [2.45, 2.75) is 0 Å². The third kappa shape index (κ3) is 1.38. The molecule has 1 aliphatic rings. The standard InChI is InChI=1S/C14H12O5/c1-16-8-6-4-5-7-10(15)9-12(17-2)14(18-3)13(9)19-11(7)8/h4-6H,1-3H3. The lowest BCUT2D eigenvalue weighted by Gasteiger charge is -2.23. The minimum atomic E-state index is -0.146. The highest BCUT2D eigenvalue weighted by Crippen LogP contribution is 2.41. The summed E-state index contributed by atoms with van der Waals surface area (Å²) < 4.78 is 21.3. The van der Waals surface area contributed by atoms with Gasteiger partial charge < -0.3 is 18.6 Å².